The summed E-state index contributed by atoms with van der Waals surface area (Å²) in [6.45, 7) is 2.75. The SMILES string of the molecule is CC1(O)CCCN(C(=O)c2ccccc2SC(F)F)CC1. The highest BCUT2D eigenvalue weighted by atomic mass is 32.2. The van der Waals surface area contributed by atoms with E-state index in [1.807, 2.05) is 0 Å². The molecule has 1 unspecified atom stereocenters. The van der Waals surface area contributed by atoms with E-state index >= 15 is 0 Å². The number of hydrogen-bond donors (Lipinski definition) is 1. The molecular formula is C15H19F2NO2S. The molecule has 1 saturated heterocycles. The lowest BCUT2D eigenvalue weighted by atomic mass is 9.98. The van der Waals surface area contributed by atoms with Crippen LogP contribution in [0.4, 0.5) is 8.78 Å². The highest BCUT2D eigenvalue weighted by Crippen LogP contribution is 2.30. The Kier molecular flexibility index (Phi) is 5.22. The average Bonchev–Trinajstić information content (AvgIpc) is 2.59. The lowest BCUT2D eigenvalue weighted by Gasteiger charge is -2.23. The normalized spacial score (nSPS) is 23.2. The van der Waals surface area contributed by atoms with Gasteiger partial charge in [0.25, 0.3) is 11.7 Å². The minimum Gasteiger partial charge on any atom is -0.390 e. The van der Waals surface area contributed by atoms with Gasteiger partial charge in [0.2, 0.25) is 0 Å². The fourth-order valence-corrected chi connectivity index (χ4v) is 3.11. The number of carbonyl (C=O) groups excluding carboxylic acids is 1. The van der Waals surface area contributed by atoms with Crippen LogP contribution in [0.1, 0.15) is 36.5 Å². The number of thioether (sulfide) groups is 1. The van der Waals surface area contributed by atoms with Crippen molar-refractivity contribution in [1.29, 1.82) is 0 Å². The summed E-state index contributed by atoms with van der Waals surface area (Å²) in [6.07, 6.45) is 1.86. The Morgan fingerprint density at radius 2 is 2.05 bits per heavy atom. The summed E-state index contributed by atoms with van der Waals surface area (Å²) in [7, 11) is 0. The van der Waals surface area contributed by atoms with Gasteiger partial charge in [-0.05, 0) is 38.3 Å². The fraction of sp³-hybridized carbons (Fsp3) is 0.533. The number of amides is 1. The molecule has 0 aliphatic carbocycles. The van der Waals surface area contributed by atoms with Gasteiger partial charge in [-0.3, -0.25) is 4.79 Å². The number of alkyl halides is 2. The van der Waals surface area contributed by atoms with Crippen molar-refractivity contribution >= 4 is 17.7 Å². The third-order valence-corrected chi connectivity index (χ3v) is 4.47. The summed E-state index contributed by atoms with van der Waals surface area (Å²) in [6, 6.07) is 6.44. The Bertz CT molecular complexity index is 508. The van der Waals surface area contributed by atoms with Gasteiger partial charge in [0.1, 0.15) is 0 Å². The summed E-state index contributed by atoms with van der Waals surface area (Å²) >= 11 is 0.392. The molecule has 0 saturated carbocycles. The van der Waals surface area contributed by atoms with Crippen LogP contribution >= 0.6 is 11.8 Å². The van der Waals surface area contributed by atoms with Crippen molar-refractivity contribution in [2.24, 2.45) is 0 Å². The minimum absolute atomic E-state index is 0.239. The Morgan fingerprint density at radius 1 is 1.33 bits per heavy atom. The van der Waals surface area contributed by atoms with E-state index in [1.54, 1.807) is 30.0 Å². The standard InChI is InChI=1S/C15H19F2NO2S/c1-15(20)7-4-9-18(10-8-15)13(19)11-5-2-3-6-12(11)21-14(16)17/h2-3,5-6,14,20H,4,7-10H2,1H3. The molecule has 0 bridgehead atoms. The lowest BCUT2D eigenvalue weighted by molar-refractivity contribution is 0.0437. The van der Waals surface area contributed by atoms with Gasteiger partial charge in [-0.15, -0.1) is 0 Å². The van der Waals surface area contributed by atoms with Crippen molar-refractivity contribution in [2.75, 3.05) is 13.1 Å². The van der Waals surface area contributed by atoms with E-state index in [4.69, 9.17) is 0 Å². The van der Waals surface area contributed by atoms with E-state index < -0.39 is 11.4 Å². The van der Waals surface area contributed by atoms with Crippen LogP contribution in [0.5, 0.6) is 0 Å². The third-order valence-electron chi connectivity index (χ3n) is 3.68. The second-order valence-electron chi connectivity index (χ2n) is 5.52. The number of aliphatic hydroxyl groups is 1. The molecule has 1 aromatic rings. The van der Waals surface area contributed by atoms with Gasteiger partial charge in [-0.2, -0.15) is 8.78 Å². The topological polar surface area (TPSA) is 40.5 Å². The molecule has 1 amide bonds. The van der Waals surface area contributed by atoms with E-state index in [0.717, 1.165) is 0 Å². The van der Waals surface area contributed by atoms with Crippen LogP contribution < -0.4 is 0 Å². The van der Waals surface area contributed by atoms with Crippen molar-refractivity contribution in [1.82, 2.24) is 4.90 Å². The van der Waals surface area contributed by atoms with Gasteiger partial charge in [0.05, 0.1) is 11.2 Å². The van der Waals surface area contributed by atoms with E-state index in [1.165, 1.54) is 6.07 Å². The van der Waals surface area contributed by atoms with Crippen LogP contribution in [0.2, 0.25) is 0 Å². The molecule has 21 heavy (non-hydrogen) atoms. The second kappa shape index (κ2) is 6.75. The summed E-state index contributed by atoms with van der Waals surface area (Å²) in [5.74, 6) is -2.79. The molecule has 1 fully saturated rings. The van der Waals surface area contributed by atoms with Crippen molar-refractivity contribution in [3.8, 4) is 0 Å². The monoisotopic (exact) mass is 315 g/mol. The summed E-state index contributed by atoms with van der Waals surface area (Å²) in [5, 5.41) is 10.1. The number of nitrogens with zero attached hydrogens (tertiary/aromatic N) is 1. The smallest absolute Gasteiger partial charge is 0.288 e. The highest BCUT2D eigenvalue weighted by Gasteiger charge is 2.28. The minimum atomic E-state index is -2.55. The molecule has 0 aromatic heterocycles. The molecule has 116 valence electrons. The Labute approximate surface area is 127 Å². The molecule has 3 nitrogen and oxygen atoms in total. The first-order chi connectivity index (χ1) is 9.89. The highest BCUT2D eigenvalue weighted by molar-refractivity contribution is 7.99. The first-order valence-corrected chi connectivity index (χ1v) is 7.82. The number of carbonyl (C=O) groups is 1. The van der Waals surface area contributed by atoms with Gasteiger partial charge >= 0.3 is 0 Å². The van der Waals surface area contributed by atoms with Crippen LogP contribution in [0.25, 0.3) is 0 Å². The molecule has 6 heteroatoms. The van der Waals surface area contributed by atoms with Crippen LogP contribution in [0.15, 0.2) is 29.2 Å². The number of benzene rings is 1. The Morgan fingerprint density at radius 3 is 2.76 bits per heavy atom. The Hall–Kier alpha value is -1.14. The van der Waals surface area contributed by atoms with E-state index in [-0.39, 0.29) is 5.91 Å². The summed E-state index contributed by atoms with van der Waals surface area (Å²) < 4.78 is 25.2. The quantitative estimate of drug-likeness (QED) is 0.869. The fourth-order valence-electron chi connectivity index (χ4n) is 2.48. The van der Waals surface area contributed by atoms with E-state index in [9.17, 15) is 18.7 Å². The zero-order valence-electron chi connectivity index (χ0n) is 11.9. The number of hydrogen-bond acceptors (Lipinski definition) is 3. The third kappa shape index (κ3) is 4.41. The van der Waals surface area contributed by atoms with Crippen LogP contribution in [0.3, 0.4) is 0 Å². The van der Waals surface area contributed by atoms with E-state index in [2.05, 4.69) is 0 Å². The van der Waals surface area contributed by atoms with Crippen LogP contribution in [0, 0.1) is 0 Å². The van der Waals surface area contributed by atoms with Gasteiger partial charge in [-0.1, -0.05) is 23.9 Å². The summed E-state index contributed by atoms with van der Waals surface area (Å²) in [5.41, 5.74) is -0.448. The molecule has 1 atom stereocenters. The largest absolute Gasteiger partial charge is 0.390 e. The van der Waals surface area contributed by atoms with Gasteiger partial charge in [0.15, 0.2) is 0 Å². The van der Waals surface area contributed by atoms with Crippen molar-refractivity contribution in [3.63, 3.8) is 0 Å². The number of halogens is 2. The molecule has 1 N–H and O–H groups in total. The first-order valence-electron chi connectivity index (χ1n) is 6.94. The lowest BCUT2D eigenvalue weighted by Crippen LogP contribution is -2.33. The Balaban J connectivity index is 2.16. The number of rotatable bonds is 3. The molecule has 0 radical (unpaired) electrons. The van der Waals surface area contributed by atoms with E-state index in [0.29, 0.717) is 54.6 Å². The molecule has 1 aliphatic heterocycles. The molecule has 1 aliphatic rings. The predicted molar refractivity (Wildman–Crippen MR) is 78.7 cm³/mol. The molecular weight excluding hydrogens is 296 g/mol. The van der Waals surface area contributed by atoms with Gasteiger partial charge in [0, 0.05) is 18.0 Å². The molecule has 0 spiro atoms. The maximum atomic E-state index is 12.6. The zero-order valence-corrected chi connectivity index (χ0v) is 12.7. The van der Waals surface area contributed by atoms with Crippen molar-refractivity contribution < 1.29 is 18.7 Å². The zero-order chi connectivity index (χ0) is 15.5. The van der Waals surface area contributed by atoms with Crippen molar-refractivity contribution in [3.05, 3.63) is 29.8 Å². The second-order valence-corrected chi connectivity index (χ2v) is 6.55. The predicted octanol–water partition coefficient (Wildman–Crippen LogP) is 3.38. The summed E-state index contributed by atoms with van der Waals surface area (Å²) in [4.78, 5) is 14.5. The molecule has 1 aromatic carbocycles. The van der Waals surface area contributed by atoms with Crippen molar-refractivity contribution in [2.45, 2.75) is 42.4 Å². The van der Waals surface area contributed by atoms with Crippen LogP contribution in [-0.2, 0) is 0 Å². The van der Waals surface area contributed by atoms with Crippen LogP contribution in [-0.4, -0.2) is 40.4 Å². The van der Waals surface area contributed by atoms with Gasteiger partial charge < -0.3 is 10.0 Å². The maximum Gasteiger partial charge on any atom is 0.288 e. The number of likely N-dealkylation sites (tertiary alicyclic amines) is 1. The maximum absolute atomic E-state index is 12.6. The molecule has 2 rings (SSSR count). The average molecular weight is 315 g/mol. The molecule has 1 heterocycles. The van der Waals surface area contributed by atoms with Gasteiger partial charge in [-0.25, -0.2) is 0 Å². The first kappa shape index (κ1) is 16.2.